The zero-order valence-corrected chi connectivity index (χ0v) is 21.2. The number of amides is 1. The van der Waals surface area contributed by atoms with E-state index in [1.807, 2.05) is 35.0 Å². The van der Waals surface area contributed by atoms with Gasteiger partial charge in [0.05, 0.1) is 32.5 Å². The van der Waals surface area contributed by atoms with Gasteiger partial charge < -0.3 is 9.80 Å². The molecule has 2 aliphatic heterocycles. The summed E-state index contributed by atoms with van der Waals surface area (Å²) in [6.07, 6.45) is 5.39. The van der Waals surface area contributed by atoms with Crippen molar-refractivity contribution in [2.45, 2.75) is 32.1 Å². The number of piperidine rings is 1. The Morgan fingerprint density at radius 2 is 1.91 bits per heavy atom. The second kappa shape index (κ2) is 10.5. The zero-order valence-electron chi connectivity index (χ0n) is 18.8. The van der Waals surface area contributed by atoms with Crippen LogP contribution in [0.15, 0.2) is 36.5 Å². The van der Waals surface area contributed by atoms with E-state index in [2.05, 4.69) is 21.3 Å². The molecule has 1 amide bonds. The lowest BCUT2D eigenvalue weighted by molar-refractivity contribution is -0.119. The first kappa shape index (κ1) is 23.4. The molecule has 7 nitrogen and oxygen atoms in total. The van der Waals surface area contributed by atoms with Gasteiger partial charge in [0, 0.05) is 56.1 Å². The maximum Gasteiger partial charge on any atom is 0.226 e. The molecule has 0 atom stereocenters. The van der Waals surface area contributed by atoms with Gasteiger partial charge in [0.25, 0.3) is 0 Å². The van der Waals surface area contributed by atoms with Crippen molar-refractivity contribution in [3.63, 3.8) is 0 Å². The monoisotopic (exact) mass is 515 g/mol. The van der Waals surface area contributed by atoms with Crippen molar-refractivity contribution in [2.75, 3.05) is 40.9 Å². The van der Waals surface area contributed by atoms with Crippen LogP contribution in [-0.4, -0.2) is 57.8 Å². The van der Waals surface area contributed by atoms with Crippen LogP contribution in [0.5, 0.6) is 0 Å². The molecule has 34 heavy (non-hydrogen) atoms. The van der Waals surface area contributed by atoms with Crippen LogP contribution in [0.1, 0.15) is 41.0 Å². The van der Waals surface area contributed by atoms with Gasteiger partial charge >= 0.3 is 0 Å². The van der Waals surface area contributed by atoms with Gasteiger partial charge in [-0.25, -0.2) is 4.68 Å². The van der Waals surface area contributed by atoms with Crippen molar-refractivity contribution in [1.29, 1.82) is 0 Å². The number of Topliss-reactive ketones (excluding diaryl/α,β-unsaturated/α-hetero) is 1. The lowest BCUT2D eigenvalue weighted by Crippen LogP contribution is -2.36. The number of carbonyl (C=O) groups excluding carboxylic acids is 2. The fourth-order valence-electron chi connectivity index (χ4n) is 4.37. The minimum absolute atomic E-state index is 0.0634. The highest BCUT2D eigenvalue weighted by Gasteiger charge is 2.23. The molecule has 0 spiro atoms. The van der Waals surface area contributed by atoms with Gasteiger partial charge in [0.1, 0.15) is 0 Å². The summed E-state index contributed by atoms with van der Waals surface area (Å²) in [4.78, 5) is 29.9. The predicted octanol–water partition coefficient (Wildman–Crippen LogP) is 4.87. The molecule has 2 aliphatic rings. The van der Waals surface area contributed by atoms with E-state index >= 15 is 0 Å². The smallest absolute Gasteiger partial charge is 0.226 e. The molecule has 2 fully saturated rings. The normalized spacial score (nSPS) is 16.8. The van der Waals surface area contributed by atoms with E-state index in [0.29, 0.717) is 28.5 Å². The highest BCUT2D eigenvalue weighted by Crippen LogP contribution is 2.33. The summed E-state index contributed by atoms with van der Waals surface area (Å²) in [6, 6.07) is 9.68. The molecule has 2 saturated heterocycles. The molecule has 2 aromatic heterocycles. The van der Waals surface area contributed by atoms with E-state index in [1.165, 1.54) is 11.3 Å². The molecule has 3 aromatic rings. The molecule has 0 N–H and O–H groups in total. The van der Waals surface area contributed by atoms with Crippen molar-refractivity contribution >= 4 is 57.8 Å². The molecule has 0 unspecified atom stereocenters. The van der Waals surface area contributed by atoms with E-state index in [0.717, 1.165) is 66.7 Å². The Morgan fingerprint density at radius 3 is 2.68 bits per heavy atom. The van der Waals surface area contributed by atoms with Crippen LogP contribution in [0.25, 0.3) is 5.69 Å². The highest BCUT2D eigenvalue weighted by molar-refractivity contribution is 7.99. The van der Waals surface area contributed by atoms with Crippen molar-refractivity contribution in [3.05, 3.63) is 51.4 Å². The molecule has 10 heteroatoms. The van der Waals surface area contributed by atoms with Crippen LogP contribution in [-0.2, 0) is 11.2 Å². The number of rotatable bonds is 7. The summed E-state index contributed by atoms with van der Waals surface area (Å²) >= 11 is 9.22. The molecule has 178 valence electrons. The number of hydrogen-bond acceptors (Lipinski definition) is 7. The van der Waals surface area contributed by atoms with Gasteiger partial charge in [-0.1, -0.05) is 16.8 Å². The Bertz CT molecular complexity index is 1190. The Kier molecular flexibility index (Phi) is 7.22. The first-order valence-electron chi connectivity index (χ1n) is 11.6. The second-order valence-electron chi connectivity index (χ2n) is 8.46. The fraction of sp³-hybridized carbons (Fsp3) is 0.417. The molecule has 1 aromatic carbocycles. The zero-order chi connectivity index (χ0) is 23.5. The minimum atomic E-state index is 0.0634. The van der Waals surface area contributed by atoms with E-state index in [9.17, 15) is 9.59 Å². The van der Waals surface area contributed by atoms with Gasteiger partial charge in [0.15, 0.2) is 5.78 Å². The predicted molar refractivity (Wildman–Crippen MR) is 139 cm³/mol. The molecular formula is C24H26ClN5O2S2. The van der Waals surface area contributed by atoms with Crippen molar-refractivity contribution in [1.82, 2.24) is 15.0 Å². The first-order chi connectivity index (χ1) is 16.6. The van der Waals surface area contributed by atoms with Crippen LogP contribution < -0.4 is 9.80 Å². The summed E-state index contributed by atoms with van der Waals surface area (Å²) in [6.45, 7) is 2.67. The Morgan fingerprint density at radius 1 is 1.06 bits per heavy atom. The van der Waals surface area contributed by atoms with Crippen LogP contribution in [0.4, 0.5) is 11.4 Å². The number of aryl methyl sites for hydroxylation is 1. The average Bonchev–Trinajstić information content (AvgIpc) is 3.52. The SMILES string of the molecule is O=C(CCc1cn(-c2ccc(N3CCCCC3=O)cc2N2CCSCC2)nn1)c1ccc(Cl)s1. The van der Waals surface area contributed by atoms with Crippen LogP contribution in [0.3, 0.4) is 0 Å². The van der Waals surface area contributed by atoms with E-state index < -0.39 is 0 Å². The van der Waals surface area contributed by atoms with Gasteiger partial charge in [-0.2, -0.15) is 11.8 Å². The molecule has 0 radical (unpaired) electrons. The van der Waals surface area contributed by atoms with E-state index in [1.54, 1.807) is 16.8 Å². The molecule has 0 bridgehead atoms. The number of thioether (sulfide) groups is 1. The van der Waals surface area contributed by atoms with Gasteiger partial charge in [-0.15, -0.1) is 16.4 Å². The maximum absolute atomic E-state index is 12.5. The Balaban J connectivity index is 1.38. The third kappa shape index (κ3) is 5.16. The number of aromatic nitrogens is 3. The lowest BCUT2D eigenvalue weighted by Gasteiger charge is -2.32. The molecule has 0 aliphatic carbocycles. The van der Waals surface area contributed by atoms with Gasteiger partial charge in [-0.05, 0) is 43.2 Å². The number of hydrogen-bond donors (Lipinski definition) is 0. The number of nitrogens with zero attached hydrogens (tertiary/aromatic N) is 5. The molecule has 0 saturated carbocycles. The minimum Gasteiger partial charge on any atom is -0.368 e. The topological polar surface area (TPSA) is 71.3 Å². The number of anilines is 2. The van der Waals surface area contributed by atoms with Crippen molar-refractivity contribution in [2.24, 2.45) is 0 Å². The summed E-state index contributed by atoms with van der Waals surface area (Å²) in [5.74, 6) is 2.40. The van der Waals surface area contributed by atoms with Gasteiger partial charge in [-0.3, -0.25) is 9.59 Å². The number of ketones is 1. The average molecular weight is 516 g/mol. The van der Waals surface area contributed by atoms with Gasteiger partial charge in [0.2, 0.25) is 5.91 Å². The van der Waals surface area contributed by atoms with Crippen molar-refractivity contribution in [3.8, 4) is 5.69 Å². The fourth-order valence-corrected chi connectivity index (χ4v) is 6.28. The summed E-state index contributed by atoms with van der Waals surface area (Å²) in [5, 5.41) is 8.70. The summed E-state index contributed by atoms with van der Waals surface area (Å²) in [5.41, 5.74) is 3.72. The quantitative estimate of drug-likeness (QED) is 0.418. The third-order valence-electron chi connectivity index (χ3n) is 6.19. The lowest BCUT2D eigenvalue weighted by atomic mass is 10.1. The van der Waals surface area contributed by atoms with Crippen LogP contribution >= 0.6 is 34.7 Å². The first-order valence-corrected chi connectivity index (χ1v) is 13.9. The number of halogens is 1. The molecular weight excluding hydrogens is 490 g/mol. The molecule has 4 heterocycles. The second-order valence-corrected chi connectivity index (χ2v) is 11.4. The Labute approximate surface area is 212 Å². The number of thiophene rings is 1. The van der Waals surface area contributed by atoms with E-state index in [4.69, 9.17) is 11.6 Å². The summed E-state index contributed by atoms with van der Waals surface area (Å²) in [7, 11) is 0. The van der Waals surface area contributed by atoms with Crippen molar-refractivity contribution < 1.29 is 9.59 Å². The number of benzene rings is 1. The standard InChI is InChI=1S/C24H26ClN5O2S2/c25-23-9-8-22(34-23)21(31)7-4-17-16-30(27-26-17)19-6-5-18(29-10-2-1-3-24(29)32)15-20(19)28-11-13-33-14-12-28/h5-6,8-9,15-16H,1-4,7,10-14H2. The van der Waals surface area contributed by atoms with Crippen LogP contribution in [0.2, 0.25) is 4.34 Å². The largest absolute Gasteiger partial charge is 0.368 e. The third-order valence-corrected chi connectivity index (χ3v) is 8.40. The molecule has 5 rings (SSSR count). The Hall–Kier alpha value is -2.36. The summed E-state index contributed by atoms with van der Waals surface area (Å²) < 4.78 is 2.41. The van der Waals surface area contributed by atoms with E-state index in [-0.39, 0.29) is 11.7 Å². The highest BCUT2D eigenvalue weighted by atomic mass is 35.5. The number of carbonyl (C=O) groups is 2. The maximum atomic E-state index is 12.5. The van der Waals surface area contributed by atoms with Crippen LogP contribution in [0, 0.1) is 0 Å².